The van der Waals surface area contributed by atoms with E-state index < -0.39 is 16.4 Å². The average molecular weight is 237 g/mol. The molecule has 0 saturated carbocycles. The maximum atomic E-state index is 5.68. The third-order valence-electron chi connectivity index (χ3n) is 2.38. The second kappa shape index (κ2) is 5.00. The summed E-state index contributed by atoms with van der Waals surface area (Å²) in [7, 11) is -0.478. The second-order valence-electron chi connectivity index (χ2n) is 5.30. The van der Waals surface area contributed by atoms with Gasteiger partial charge in [0.25, 0.3) is 0 Å². The summed E-state index contributed by atoms with van der Waals surface area (Å²) in [5.74, 6) is 0. The zero-order valence-electron chi connectivity index (χ0n) is 10.1. The molecule has 0 amide bonds. The van der Waals surface area contributed by atoms with Gasteiger partial charge in [-0.25, -0.2) is 0 Å². The molecule has 1 nitrogen and oxygen atoms in total. The molecule has 0 aromatic carbocycles. The molecular formula is C9H24OSSi2. The molecule has 0 aliphatic carbocycles. The van der Waals surface area contributed by atoms with Gasteiger partial charge in [-0.3, -0.25) is 0 Å². The second-order valence-corrected chi connectivity index (χ2v) is 16.6. The molecule has 80 valence electrons. The standard InChI is InChI=1S/C9H24OSSi2/c1-10-13(6,7)9(11-2)8-12(3,4)5/h9H,8H2,1-7H3. The molecule has 0 aromatic heterocycles. The van der Waals surface area contributed by atoms with Crippen LogP contribution in [0, 0.1) is 0 Å². The Kier molecular flexibility index (Phi) is 5.29. The lowest BCUT2D eigenvalue weighted by molar-refractivity contribution is 0.403. The van der Waals surface area contributed by atoms with E-state index in [1.54, 1.807) is 0 Å². The highest BCUT2D eigenvalue weighted by atomic mass is 32.2. The summed E-state index contributed by atoms with van der Waals surface area (Å²) in [6, 6.07) is 1.39. The van der Waals surface area contributed by atoms with Crippen LogP contribution in [0.4, 0.5) is 0 Å². The minimum absolute atomic E-state index is 0.768. The normalized spacial score (nSPS) is 15.9. The average Bonchev–Trinajstić information content (AvgIpc) is 1.98. The molecule has 1 atom stereocenters. The van der Waals surface area contributed by atoms with Crippen LogP contribution in [0.15, 0.2) is 0 Å². The molecule has 0 radical (unpaired) electrons. The van der Waals surface area contributed by atoms with Crippen molar-refractivity contribution in [2.75, 3.05) is 13.4 Å². The van der Waals surface area contributed by atoms with Gasteiger partial charge in [-0.05, 0) is 25.4 Å². The summed E-state index contributed by atoms with van der Waals surface area (Å²) in [4.78, 5) is 0.768. The molecule has 1 unspecified atom stereocenters. The summed E-state index contributed by atoms with van der Waals surface area (Å²) in [5, 5.41) is 0. The van der Waals surface area contributed by atoms with E-state index in [4.69, 9.17) is 4.43 Å². The highest BCUT2D eigenvalue weighted by Gasteiger charge is 2.35. The van der Waals surface area contributed by atoms with Crippen molar-refractivity contribution in [3.8, 4) is 0 Å². The molecule has 0 bridgehead atoms. The van der Waals surface area contributed by atoms with E-state index in [0.29, 0.717) is 0 Å². The van der Waals surface area contributed by atoms with E-state index in [-0.39, 0.29) is 0 Å². The first kappa shape index (κ1) is 13.7. The maximum absolute atomic E-state index is 5.68. The zero-order chi connectivity index (χ0) is 10.7. The van der Waals surface area contributed by atoms with E-state index in [0.717, 1.165) is 4.87 Å². The number of hydrogen-bond acceptors (Lipinski definition) is 2. The zero-order valence-corrected chi connectivity index (χ0v) is 12.9. The van der Waals surface area contributed by atoms with Crippen molar-refractivity contribution in [2.24, 2.45) is 0 Å². The molecule has 0 aromatic rings. The van der Waals surface area contributed by atoms with Gasteiger partial charge < -0.3 is 4.43 Å². The first-order valence-electron chi connectivity index (χ1n) is 4.81. The summed E-state index contributed by atoms with van der Waals surface area (Å²) in [6.07, 6.45) is 2.22. The SMILES string of the molecule is CO[Si](C)(C)C(C[Si](C)(C)C)SC. The monoisotopic (exact) mass is 236 g/mol. The highest BCUT2D eigenvalue weighted by Crippen LogP contribution is 2.28. The lowest BCUT2D eigenvalue weighted by atomic mass is 10.9. The van der Waals surface area contributed by atoms with Gasteiger partial charge in [0.1, 0.15) is 0 Å². The van der Waals surface area contributed by atoms with E-state index in [9.17, 15) is 0 Å². The molecule has 0 aliphatic heterocycles. The topological polar surface area (TPSA) is 9.23 Å². The Bertz CT molecular complexity index is 154. The van der Waals surface area contributed by atoms with E-state index in [1.165, 1.54) is 6.04 Å². The van der Waals surface area contributed by atoms with Crippen molar-refractivity contribution >= 4 is 28.2 Å². The van der Waals surface area contributed by atoms with E-state index in [2.05, 4.69) is 39.0 Å². The largest absolute Gasteiger partial charge is 0.419 e. The number of hydrogen-bond donors (Lipinski definition) is 0. The van der Waals surface area contributed by atoms with Crippen molar-refractivity contribution in [1.82, 2.24) is 0 Å². The molecule has 0 spiro atoms. The molecule has 0 heterocycles. The van der Waals surface area contributed by atoms with Crippen LogP contribution >= 0.6 is 11.8 Å². The first-order chi connectivity index (χ1) is 5.73. The predicted molar refractivity (Wildman–Crippen MR) is 69.9 cm³/mol. The first-order valence-corrected chi connectivity index (χ1v) is 12.8. The van der Waals surface area contributed by atoms with Crippen LogP contribution in [0.25, 0.3) is 0 Å². The molecule has 4 heteroatoms. The van der Waals surface area contributed by atoms with Crippen LogP contribution < -0.4 is 0 Å². The summed E-state index contributed by atoms with van der Waals surface area (Å²) in [6.45, 7) is 12.0. The van der Waals surface area contributed by atoms with Crippen molar-refractivity contribution < 1.29 is 4.43 Å². The highest BCUT2D eigenvalue weighted by molar-refractivity contribution is 8.01. The van der Waals surface area contributed by atoms with Crippen LogP contribution in [0.5, 0.6) is 0 Å². The predicted octanol–water partition coefficient (Wildman–Crippen LogP) is 3.45. The summed E-state index contributed by atoms with van der Waals surface area (Å²) in [5.41, 5.74) is 0. The Morgan fingerprint density at radius 3 is 1.85 bits per heavy atom. The van der Waals surface area contributed by atoms with Gasteiger partial charge in [0.2, 0.25) is 0 Å². The fourth-order valence-electron chi connectivity index (χ4n) is 1.30. The molecule has 0 saturated heterocycles. The van der Waals surface area contributed by atoms with Crippen molar-refractivity contribution in [3.63, 3.8) is 0 Å². The summed E-state index contributed by atoms with van der Waals surface area (Å²) >= 11 is 2.00. The Balaban J connectivity index is 4.35. The van der Waals surface area contributed by atoms with Gasteiger partial charge in [0.15, 0.2) is 8.32 Å². The lowest BCUT2D eigenvalue weighted by Gasteiger charge is -2.33. The molecule has 0 aliphatic rings. The van der Waals surface area contributed by atoms with E-state index in [1.807, 2.05) is 18.9 Å². The lowest BCUT2D eigenvalue weighted by Crippen LogP contribution is -2.45. The van der Waals surface area contributed by atoms with Crippen LogP contribution in [-0.2, 0) is 4.43 Å². The maximum Gasteiger partial charge on any atom is 0.198 e. The van der Waals surface area contributed by atoms with Crippen molar-refractivity contribution in [3.05, 3.63) is 0 Å². The quantitative estimate of drug-likeness (QED) is 0.676. The molecule has 0 rings (SSSR count). The molecule has 0 fully saturated rings. The Morgan fingerprint density at radius 1 is 1.15 bits per heavy atom. The van der Waals surface area contributed by atoms with Crippen LogP contribution in [0.1, 0.15) is 0 Å². The van der Waals surface area contributed by atoms with Crippen LogP contribution in [0.2, 0.25) is 38.8 Å². The van der Waals surface area contributed by atoms with Gasteiger partial charge in [-0.1, -0.05) is 19.6 Å². The van der Waals surface area contributed by atoms with Crippen LogP contribution in [0.3, 0.4) is 0 Å². The fraction of sp³-hybridized carbons (Fsp3) is 1.00. The third-order valence-corrected chi connectivity index (χ3v) is 10.7. The van der Waals surface area contributed by atoms with Gasteiger partial charge in [0, 0.05) is 20.1 Å². The Labute approximate surface area is 89.8 Å². The number of thioether (sulfide) groups is 1. The number of rotatable bonds is 5. The van der Waals surface area contributed by atoms with Gasteiger partial charge >= 0.3 is 0 Å². The van der Waals surface area contributed by atoms with Gasteiger partial charge in [-0.2, -0.15) is 11.8 Å². The minimum Gasteiger partial charge on any atom is -0.419 e. The van der Waals surface area contributed by atoms with E-state index >= 15 is 0 Å². The molecule has 0 N–H and O–H groups in total. The van der Waals surface area contributed by atoms with Gasteiger partial charge in [-0.15, -0.1) is 0 Å². The smallest absolute Gasteiger partial charge is 0.198 e. The third kappa shape index (κ3) is 5.25. The van der Waals surface area contributed by atoms with Crippen LogP contribution in [-0.4, -0.2) is 34.6 Å². The minimum atomic E-state index is -1.42. The summed E-state index contributed by atoms with van der Waals surface area (Å²) < 4.78 is 5.68. The molecular weight excluding hydrogens is 212 g/mol. The Morgan fingerprint density at radius 2 is 1.62 bits per heavy atom. The Hall–Kier alpha value is 0.744. The van der Waals surface area contributed by atoms with Gasteiger partial charge in [0.05, 0.1) is 0 Å². The van der Waals surface area contributed by atoms with Crippen molar-refractivity contribution in [2.45, 2.75) is 43.7 Å². The fourth-order valence-corrected chi connectivity index (χ4v) is 11.2. The molecule has 13 heavy (non-hydrogen) atoms. The van der Waals surface area contributed by atoms with Crippen molar-refractivity contribution in [1.29, 1.82) is 0 Å².